The van der Waals surface area contributed by atoms with Crippen molar-refractivity contribution in [1.82, 2.24) is 26.7 Å². The van der Waals surface area contributed by atoms with Gasteiger partial charge in [0.25, 0.3) is 0 Å². The molecule has 0 radical (unpaired) electrons. The van der Waals surface area contributed by atoms with Crippen molar-refractivity contribution in [2.75, 3.05) is 0 Å². The van der Waals surface area contributed by atoms with Crippen LogP contribution in [0.4, 0.5) is 0 Å². The Hall–Kier alpha value is -15.8. The molecule has 27 rings (SSSR count). The van der Waals surface area contributed by atoms with Crippen molar-refractivity contribution in [3.05, 3.63) is 425 Å². The number of hydrogen-bond acceptors (Lipinski definition) is 0. The molecule has 8 aromatic heterocycles. The fourth-order valence-corrected chi connectivity index (χ4v) is 26.9. The van der Waals surface area contributed by atoms with Crippen LogP contribution in [-0.4, -0.2) is 34.8 Å². The number of aromatic nitrogens is 6. The van der Waals surface area contributed by atoms with Gasteiger partial charge in [0, 0.05) is 97.6 Å². The van der Waals surface area contributed by atoms with Gasteiger partial charge in [-0.05, 0) is 144 Å². The van der Waals surface area contributed by atoms with Gasteiger partial charge in [-0.25, -0.2) is 0 Å². The summed E-state index contributed by atoms with van der Waals surface area (Å²) in [7, 11) is -3.15. The van der Waals surface area contributed by atoms with Crippen LogP contribution in [0, 0.1) is 0 Å². The maximum atomic E-state index is 2.66. The Morgan fingerprint density at radius 2 is 0.397 bits per heavy atom. The smallest absolute Gasteiger partial charge is 0.179 e. The molecule has 0 aliphatic carbocycles. The molecule has 560 valence electrons. The predicted octanol–water partition coefficient (Wildman–Crippen LogP) is 26.9. The molecule has 121 heavy (non-hydrogen) atoms. The molecule has 0 spiro atoms. The Morgan fingerprint density at radius 3 is 0.826 bits per heavy atom. The summed E-state index contributed by atoms with van der Waals surface area (Å²) >= 11 is 0. The van der Waals surface area contributed by atoms with Crippen LogP contribution in [0.15, 0.2) is 425 Å². The van der Waals surface area contributed by atoms with Gasteiger partial charge in [0.2, 0.25) is 0 Å². The molecule has 0 saturated carbocycles. The van der Waals surface area contributed by atoms with Crippen LogP contribution in [0.1, 0.15) is 0 Å². The normalized spacial score (nSPS) is 12.5. The van der Waals surface area contributed by atoms with Crippen molar-refractivity contribution in [3.63, 3.8) is 0 Å². The second kappa shape index (κ2) is 25.1. The summed E-state index contributed by atoms with van der Waals surface area (Å²) in [6.45, 7) is 0. The first-order valence-electron chi connectivity index (χ1n) is 42.0. The van der Waals surface area contributed by atoms with E-state index in [1.165, 1.54) is 129 Å². The molecule has 7 heteroatoms. The summed E-state index contributed by atoms with van der Waals surface area (Å²) in [5.74, 6) is 0. The third kappa shape index (κ3) is 9.08. The summed E-state index contributed by atoms with van der Waals surface area (Å²) in [5.41, 5.74) is 22.7. The minimum atomic E-state index is -3.15. The monoisotopic (exact) mass is 1550 g/mol. The summed E-state index contributed by atoms with van der Waals surface area (Å²) in [4.78, 5) is 0. The van der Waals surface area contributed by atoms with Crippen LogP contribution >= 0.6 is 0 Å². The number of nitrogens with zero attached hydrogens (tertiary/aromatic N) is 6. The molecule has 0 amide bonds. The van der Waals surface area contributed by atoms with E-state index in [2.05, 4.69) is 451 Å². The largest absolute Gasteiger partial charge is 0.309 e. The summed E-state index contributed by atoms with van der Waals surface area (Å²) in [6.07, 6.45) is 0. The lowest BCUT2D eigenvalue weighted by Gasteiger charge is -2.34. The second-order valence-electron chi connectivity index (χ2n) is 32.9. The quantitative estimate of drug-likeness (QED) is 0.112. The molecule has 0 N–H and O–H groups in total. The SMILES string of the molecule is c1ccc(-n2c3ccccc3c3cc4c(cc32)n2c3ccccc3c3cccc(c5cc(-c6ccc7c8cc9c(cc8n(-c8ccccc8)c7c6)n6c7ccccc7c7cccc(c8ccccc8c8cc([Si](c%10ccccc%10)(c%10ccccc%10)c%10ccccc%10)cc%10c%11ccccc%11n9c8%10)c76)ccc5c5cccc6c7ccccc7n4c56)c32)cc1. The molecule has 8 heterocycles. The molecular weight excluding hydrogens is 1480 g/mol. The summed E-state index contributed by atoms with van der Waals surface area (Å²) in [5, 5.41) is 29.1. The van der Waals surface area contributed by atoms with Gasteiger partial charge < -0.3 is 26.7 Å². The highest BCUT2D eigenvalue weighted by Crippen LogP contribution is 2.48. The second-order valence-corrected chi connectivity index (χ2v) is 36.7. The van der Waals surface area contributed by atoms with E-state index in [0.29, 0.717) is 0 Å². The Balaban J connectivity index is 0.794. The third-order valence-electron chi connectivity index (χ3n) is 27.0. The Morgan fingerprint density at radius 1 is 0.132 bits per heavy atom. The van der Waals surface area contributed by atoms with Crippen molar-refractivity contribution >= 4 is 225 Å². The predicted molar refractivity (Wildman–Crippen MR) is 516 cm³/mol. The lowest BCUT2D eigenvalue weighted by molar-refractivity contribution is 1.18. The molecule has 0 saturated heterocycles. The third-order valence-corrected chi connectivity index (χ3v) is 31.7. The summed E-state index contributed by atoms with van der Waals surface area (Å²) in [6, 6.07) is 162. The van der Waals surface area contributed by atoms with E-state index in [9.17, 15) is 0 Å². The molecule has 0 aliphatic heterocycles. The van der Waals surface area contributed by atoms with Gasteiger partial charge in [0.1, 0.15) is 0 Å². The van der Waals surface area contributed by atoms with Crippen molar-refractivity contribution in [1.29, 1.82) is 0 Å². The van der Waals surface area contributed by atoms with E-state index < -0.39 is 8.07 Å². The number of rotatable bonds is 7. The topological polar surface area (TPSA) is 27.5 Å². The van der Waals surface area contributed by atoms with Gasteiger partial charge in [-0.2, -0.15) is 0 Å². The molecular formula is C114H70N6Si. The fraction of sp³-hybridized carbons (Fsp3) is 0. The molecule has 0 fully saturated rings. The van der Waals surface area contributed by atoms with Crippen LogP contribution in [-0.2, 0) is 0 Å². The van der Waals surface area contributed by atoms with Gasteiger partial charge >= 0.3 is 0 Å². The minimum absolute atomic E-state index is 1.08. The first-order valence-corrected chi connectivity index (χ1v) is 44.0. The van der Waals surface area contributed by atoms with E-state index in [0.717, 1.165) is 110 Å². The molecule has 0 bridgehead atoms. The highest BCUT2D eigenvalue weighted by Gasteiger charge is 2.42. The van der Waals surface area contributed by atoms with Gasteiger partial charge in [0.15, 0.2) is 8.07 Å². The molecule has 0 aliphatic rings. The molecule has 0 unspecified atom stereocenters. The number of hydrogen-bond donors (Lipinski definition) is 0. The highest BCUT2D eigenvalue weighted by atomic mass is 28.3. The molecule has 0 atom stereocenters. The number of para-hydroxylation sites is 10. The maximum Gasteiger partial charge on any atom is 0.179 e. The van der Waals surface area contributed by atoms with Crippen molar-refractivity contribution in [2.24, 2.45) is 0 Å². The Bertz CT molecular complexity index is 9170. The van der Waals surface area contributed by atoms with Crippen LogP contribution in [0.5, 0.6) is 0 Å². The van der Waals surface area contributed by atoms with Gasteiger partial charge in [-0.1, -0.05) is 334 Å². The van der Waals surface area contributed by atoms with Gasteiger partial charge in [0.05, 0.1) is 88.3 Å². The minimum Gasteiger partial charge on any atom is -0.309 e. The van der Waals surface area contributed by atoms with Crippen molar-refractivity contribution < 1.29 is 0 Å². The Labute approximate surface area is 693 Å². The summed E-state index contributed by atoms with van der Waals surface area (Å²) < 4.78 is 15.5. The van der Waals surface area contributed by atoms with Gasteiger partial charge in [-0.15, -0.1) is 0 Å². The zero-order valence-corrected chi connectivity index (χ0v) is 66.6. The Kier molecular flexibility index (Phi) is 13.8. The van der Waals surface area contributed by atoms with E-state index in [-0.39, 0.29) is 0 Å². The van der Waals surface area contributed by atoms with Crippen LogP contribution in [0.25, 0.3) is 218 Å². The van der Waals surface area contributed by atoms with Crippen LogP contribution < -0.4 is 20.7 Å². The highest BCUT2D eigenvalue weighted by molar-refractivity contribution is 7.20. The molecule has 19 aromatic carbocycles. The molecule has 27 aromatic rings. The lowest BCUT2D eigenvalue weighted by Crippen LogP contribution is -2.74. The average Bonchev–Trinajstić information content (AvgIpc) is 1.62. The zero-order chi connectivity index (χ0) is 78.9. The van der Waals surface area contributed by atoms with Crippen molar-refractivity contribution in [3.8, 4) is 22.5 Å². The standard InChI is InChI=1S/C114H70N6Si/c1-6-31-73(32-7-1)115-99-54-23-21-46-85(99)95-67-107-109(69-105(95)115)120-102-57-26-20-45-84(102)92-52-30-53-93(113(92)120)94-63-71(59-61-81(94)89-49-29-51-91-82-43-18-24-55-100(82)117(107)112(89)91)72-60-62-87-96-68-108-110(70-106(96)116(104(87)64-72)74-33-8-2-9-34-74)119-101-56-25-19-44-83(101)90-50-28-48-88(111(90)119)79-41-16-17-42-80(79)97-65-78(66-98-86-47-22-27-58-103(86)118(108)114(97)98)121(75-35-10-3-11-36-75,76-37-12-4-13-38-76)77-39-14-5-15-40-77/h1-70H. The number of benzene rings is 19. The van der Waals surface area contributed by atoms with Crippen LogP contribution in [0.3, 0.4) is 0 Å². The van der Waals surface area contributed by atoms with Crippen molar-refractivity contribution in [2.45, 2.75) is 0 Å². The number of fused-ring (bicyclic) bond motifs is 30. The first-order chi connectivity index (χ1) is 60.1. The maximum absolute atomic E-state index is 3.15. The van der Waals surface area contributed by atoms with Gasteiger partial charge in [-0.3, -0.25) is 0 Å². The lowest BCUT2D eigenvalue weighted by atomic mass is 9.96. The van der Waals surface area contributed by atoms with E-state index in [1.807, 2.05) is 0 Å². The van der Waals surface area contributed by atoms with Crippen LogP contribution in [0.2, 0.25) is 0 Å². The zero-order valence-electron chi connectivity index (χ0n) is 65.6. The average molecular weight is 1550 g/mol. The molecule has 6 nitrogen and oxygen atoms in total. The van der Waals surface area contributed by atoms with E-state index in [1.54, 1.807) is 0 Å². The fourth-order valence-electron chi connectivity index (χ4n) is 22.1. The first kappa shape index (κ1) is 66.4. The van der Waals surface area contributed by atoms with E-state index in [4.69, 9.17) is 0 Å². The van der Waals surface area contributed by atoms with E-state index >= 15 is 0 Å².